The molecule has 1 N–H and O–H groups in total. The van der Waals surface area contributed by atoms with Crippen LogP contribution in [0.2, 0.25) is 0 Å². The van der Waals surface area contributed by atoms with Gasteiger partial charge in [-0.15, -0.1) is 0 Å². The minimum atomic E-state index is 0.186. The van der Waals surface area contributed by atoms with Crippen LogP contribution in [0.3, 0.4) is 0 Å². The van der Waals surface area contributed by atoms with Crippen molar-refractivity contribution < 1.29 is 9.53 Å². The van der Waals surface area contributed by atoms with Crippen LogP contribution in [0.25, 0.3) is 0 Å². The van der Waals surface area contributed by atoms with Crippen molar-refractivity contribution in [1.29, 1.82) is 0 Å². The zero-order valence-electron chi connectivity index (χ0n) is 10.9. The minimum Gasteiger partial charge on any atom is -0.493 e. The number of carbonyl (C=O) groups is 1. The fraction of sp³-hybridized carbons (Fsp3) is 0.533. The lowest BCUT2D eigenvalue weighted by Crippen LogP contribution is -2.39. The summed E-state index contributed by atoms with van der Waals surface area (Å²) in [4.78, 5) is 14.7. The number of rotatable bonds is 1. The number of likely N-dealkylation sites (tertiary alicyclic amines) is 1. The highest BCUT2D eigenvalue weighted by Gasteiger charge is 2.40. The lowest BCUT2D eigenvalue weighted by atomic mass is 10.0. The molecule has 0 spiro atoms. The van der Waals surface area contributed by atoms with Crippen LogP contribution >= 0.6 is 0 Å². The highest BCUT2D eigenvalue weighted by Crippen LogP contribution is 2.30. The second-order valence-corrected chi connectivity index (χ2v) is 5.69. The van der Waals surface area contributed by atoms with E-state index in [1.54, 1.807) is 0 Å². The molecule has 4 heteroatoms. The first-order valence-corrected chi connectivity index (χ1v) is 7.10. The molecule has 1 aromatic rings. The Morgan fingerprint density at radius 2 is 2.32 bits per heavy atom. The van der Waals surface area contributed by atoms with Gasteiger partial charge in [0.2, 0.25) is 0 Å². The fourth-order valence-electron chi connectivity index (χ4n) is 3.59. The third-order valence-electron chi connectivity index (χ3n) is 4.64. The van der Waals surface area contributed by atoms with Crippen molar-refractivity contribution >= 4 is 5.91 Å². The van der Waals surface area contributed by atoms with Crippen molar-refractivity contribution in [1.82, 2.24) is 10.2 Å². The van der Waals surface area contributed by atoms with Crippen LogP contribution in [0.15, 0.2) is 18.2 Å². The number of fused-ring (bicyclic) bond motifs is 2. The third-order valence-corrected chi connectivity index (χ3v) is 4.64. The molecule has 0 aliphatic carbocycles. The lowest BCUT2D eigenvalue weighted by molar-refractivity contribution is 0.0737. The summed E-state index contributed by atoms with van der Waals surface area (Å²) in [7, 11) is 0. The topological polar surface area (TPSA) is 41.6 Å². The molecule has 2 saturated heterocycles. The Morgan fingerprint density at radius 3 is 3.26 bits per heavy atom. The quantitative estimate of drug-likeness (QED) is 0.819. The van der Waals surface area contributed by atoms with Crippen molar-refractivity contribution in [3.05, 3.63) is 29.3 Å². The van der Waals surface area contributed by atoms with Gasteiger partial charge >= 0.3 is 0 Å². The molecule has 3 aliphatic rings. The standard InChI is InChI=1S/C15H18N2O2/c18-15(17-5-3-12-8-16-9-13(12)17)11-1-2-14-10(7-11)4-6-19-14/h1-2,7,12-13,16H,3-6,8-9H2/t12-,13+/m0/s1. The van der Waals surface area contributed by atoms with E-state index in [0.717, 1.165) is 50.4 Å². The molecule has 4 nitrogen and oxygen atoms in total. The molecule has 0 aromatic heterocycles. The summed E-state index contributed by atoms with van der Waals surface area (Å²) in [6, 6.07) is 6.26. The van der Waals surface area contributed by atoms with Crippen molar-refractivity contribution in [2.24, 2.45) is 5.92 Å². The van der Waals surface area contributed by atoms with E-state index in [1.165, 1.54) is 5.56 Å². The van der Waals surface area contributed by atoms with E-state index in [-0.39, 0.29) is 5.91 Å². The zero-order valence-corrected chi connectivity index (χ0v) is 10.9. The van der Waals surface area contributed by atoms with E-state index < -0.39 is 0 Å². The number of hydrogen-bond donors (Lipinski definition) is 1. The van der Waals surface area contributed by atoms with Crippen LogP contribution in [0, 0.1) is 5.92 Å². The number of benzene rings is 1. The van der Waals surface area contributed by atoms with Gasteiger partial charge in [-0.05, 0) is 36.1 Å². The summed E-state index contributed by atoms with van der Waals surface area (Å²) in [6.45, 7) is 3.66. The Kier molecular flexibility index (Phi) is 2.52. The van der Waals surface area contributed by atoms with Crippen LogP contribution in [0.4, 0.5) is 0 Å². The maximum Gasteiger partial charge on any atom is 0.254 e. The second-order valence-electron chi connectivity index (χ2n) is 5.69. The zero-order chi connectivity index (χ0) is 12.8. The highest BCUT2D eigenvalue weighted by molar-refractivity contribution is 5.95. The molecule has 1 aromatic carbocycles. The van der Waals surface area contributed by atoms with Crippen molar-refractivity contribution in [3.63, 3.8) is 0 Å². The number of nitrogens with one attached hydrogen (secondary N) is 1. The first kappa shape index (κ1) is 11.3. The van der Waals surface area contributed by atoms with Gasteiger partial charge in [-0.3, -0.25) is 4.79 Å². The van der Waals surface area contributed by atoms with Gasteiger partial charge in [-0.2, -0.15) is 0 Å². The van der Waals surface area contributed by atoms with Gasteiger partial charge in [0, 0.05) is 37.7 Å². The van der Waals surface area contributed by atoms with Gasteiger partial charge in [-0.25, -0.2) is 0 Å². The average Bonchev–Trinajstić information content (AvgIpc) is 3.12. The van der Waals surface area contributed by atoms with Crippen LogP contribution in [0.1, 0.15) is 22.3 Å². The Hall–Kier alpha value is -1.55. The fourth-order valence-corrected chi connectivity index (χ4v) is 3.59. The monoisotopic (exact) mass is 258 g/mol. The van der Waals surface area contributed by atoms with E-state index in [1.807, 2.05) is 18.2 Å². The van der Waals surface area contributed by atoms with Crippen LogP contribution in [0.5, 0.6) is 5.75 Å². The van der Waals surface area contributed by atoms with E-state index >= 15 is 0 Å². The summed E-state index contributed by atoms with van der Waals surface area (Å²) < 4.78 is 5.49. The molecule has 0 saturated carbocycles. The van der Waals surface area contributed by atoms with Gasteiger partial charge < -0.3 is 15.0 Å². The maximum absolute atomic E-state index is 12.6. The van der Waals surface area contributed by atoms with Crippen LogP contribution in [-0.4, -0.2) is 43.1 Å². The number of hydrogen-bond acceptors (Lipinski definition) is 3. The molecule has 19 heavy (non-hydrogen) atoms. The summed E-state index contributed by atoms with van der Waals surface area (Å²) in [6.07, 6.45) is 2.06. The summed E-state index contributed by atoms with van der Waals surface area (Å²) in [5.74, 6) is 1.78. The van der Waals surface area contributed by atoms with Crippen LogP contribution in [-0.2, 0) is 6.42 Å². The number of carbonyl (C=O) groups excluding carboxylic acids is 1. The molecular weight excluding hydrogens is 240 g/mol. The highest BCUT2D eigenvalue weighted by atomic mass is 16.5. The van der Waals surface area contributed by atoms with E-state index in [2.05, 4.69) is 10.2 Å². The van der Waals surface area contributed by atoms with Crippen LogP contribution < -0.4 is 10.1 Å². The Morgan fingerprint density at radius 1 is 1.37 bits per heavy atom. The second kappa shape index (κ2) is 4.23. The SMILES string of the molecule is O=C(c1ccc2c(c1)CCO2)N1CC[C@H]2CNC[C@H]21. The number of nitrogens with zero attached hydrogens (tertiary/aromatic N) is 1. The average molecular weight is 258 g/mol. The predicted octanol–water partition coefficient (Wildman–Crippen LogP) is 1.06. The summed E-state index contributed by atoms with van der Waals surface area (Å²) >= 11 is 0. The molecule has 1 amide bonds. The first-order valence-electron chi connectivity index (χ1n) is 7.10. The molecule has 0 radical (unpaired) electrons. The molecular formula is C15H18N2O2. The molecule has 0 unspecified atom stereocenters. The van der Waals surface area contributed by atoms with Crippen molar-refractivity contribution in [2.75, 3.05) is 26.2 Å². The number of amides is 1. The lowest BCUT2D eigenvalue weighted by Gasteiger charge is -2.23. The molecule has 3 heterocycles. The molecule has 3 aliphatic heterocycles. The normalized spacial score (nSPS) is 28.1. The Labute approximate surface area is 112 Å². The van der Waals surface area contributed by atoms with Gasteiger partial charge in [0.05, 0.1) is 6.61 Å². The molecule has 2 fully saturated rings. The number of ether oxygens (including phenoxy) is 1. The third kappa shape index (κ3) is 1.74. The van der Waals surface area contributed by atoms with Crippen molar-refractivity contribution in [3.8, 4) is 5.75 Å². The summed E-state index contributed by atoms with van der Waals surface area (Å²) in [5.41, 5.74) is 1.99. The smallest absolute Gasteiger partial charge is 0.254 e. The van der Waals surface area contributed by atoms with Crippen molar-refractivity contribution in [2.45, 2.75) is 18.9 Å². The van der Waals surface area contributed by atoms with Gasteiger partial charge in [0.1, 0.15) is 5.75 Å². The molecule has 0 bridgehead atoms. The maximum atomic E-state index is 12.6. The van der Waals surface area contributed by atoms with Gasteiger partial charge in [0.15, 0.2) is 0 Å². The van der Waals surface area contributed by atoms with E-state index in [4.69, 9.17) is 4.74 Å². The van der Waals surface area contributed by atoms with Gasteiger partial charge in [-0.1, -0.05) is 0 Å². The molecule has 4 rings (SSSR count). The Balaban J connectivity index is 1.60. The minimum absolute atomic E-state index is 0.186. The first-order chi connectivity index (χ1) is 9.33. The largest absolute Gasteiger partial charge is 0.493 e. The summed E-state index contributed by atoms with van der Waals surface area (Å²) in [5, 5.41) is 3.39. The molecule has 100 valence electrons. The Bertz CT molecular complexity index is 529. The van der Waals surface area contributed by atoms with Gasteiger partial charge in [0.25, 0.3) is 5.91 Å². The van der Waals surface area contributed by atoms with E-state index in [9.17, 15) is 4.79 Å². The molecule has 2 atom stereocenters. The predicted molar refractivity (Wildman–Crippen MR) is 71.4 cm³/mol. The van der Waals surface area contributed by atoms with E-state index in [0.29, 0.717) is 12.0 Å².